The number of cyclic esters (lactones) is 1. The third-order valence-corrected chi connectivity index (χ3v) is 17.4. The van der Waals surface area contributed by atoms with Crippen LogP contribution >= 0.6 is 0 Å². The van der Waals surface area contributed by atoms with Gasteiger partial charge in [-0.25, -0.2) is 14.4 Å². The number of carbonyl (C=O) groups excluding carboxylic acids is 9. The van der Waals surface area contributed by atoms with Crippen LogP contribution in [0.15, 0.2) is 0 Å². The number of fused-ring (bicyclic) bond motifs is 7. The summed E-state index contributed by atoms with van der Waals surface area (Å²) in [5.74, 6) is -3.79. The molecule has 16 atom stereocenters. The Hall–Kier alpha value is -5.32. The number of hydrogen-bond acceptors (Lipinski definition) is 20. The molecule has 3 heterocycles. The number of carbonyl (C=O) groups is 9. The van der Waals surface area contributed by atoms with Crippen molar-refractivity contribution in [1.82, 2.24) is 0 Å². The fraction of sp³-hybridized carbons (Fsp3) is 0.804. The van der Waals surface area contributed by atoms with Gasteiger partial charge in [0.25, 0.3) is 0 Å². The molecule has 16 unspecified atom stereocenters. The van der Waals surface area contributed by atoms with Crippen molar-refractivity contribution < 1.29 is 90.5 Å². The largest absolute Gasteiger partial charge is 0.465 e. The van der Waals surface area contributed by atoms with Crippen LogP contribution in [-0.4, -0.2) is 124 Å². The first-order chi connectivity index (χ1) is 33.4. The van der Waals surface area contributed by atoms with Gasteiger partial charge in [-0.05, 0) is 92.9 Å². The van der Waals surface area contributed by atoms with E-state index in [0.29, 0.717) is 38.7 Å². The highest BCUT2D eigenvalue weighted by molar-refractivity contribution is 5.85. The Balaban J connectivity index is 0.000000157. The fourth-order valence-corrected chi connectivity index (χ4v) is 12.0. The molecule has 0 amide bonds. The molecule has 71 heavy (non-hydrogen) atoms. The van der Waals surface area contributed by atoms with Crippen LogP contribution in [0.1, 0.15) is 114 Å². The molecular formula is C51H69NO19. The van der Waals surface area contributed by atoms with Gasteiger partial charge in [-0.3, -0.25) is 28.8 Å². The van der Waals surface area contributed by atoms with E-state index in [4.69, 9.17) is 47.4 Å². The Labute approximate surface area is 413 Å². The predicted molar refractivity (Wildman–Crippen MR) is 239 cm³/mol. The standard InChI is InChI=1S/C18H26O7.C17H21NO6.C16H22O6/c1-5-18(2,3)17(21)24-8-12(19)25-15-9-6-10(14(15)22-4)13-11(9)7-23-16(13)20;1-4-16(2,3)14(20)22-7-11(19)23-12-9-5-10-13(12)24-15(21)17(10,6-9)8-18;1-4-16(2,3)15(19)20-7-11(17)21-12-8-5-9-10(6-8)14(18)22-13(9)12/h9-11,13-15H,5-8H2,1-4H3;9-10,12-13H,4-7H2,1-3H3;8-10,12-13H,4-7H2,1-3H3. The molecular weight excluding hydrogens is 931 g/mol. The number of methoxy groups -OCH3 is 1. The summed E-state index contributed by atoms with van der Waals surface area (Å²) in [6, 6.07) is 2.10. The molecule has 6 saturated carbocycles. The second-order valence-corrected chi connectivity index (χ2v) is 22.6. The second-order valence-electron chi connectivity index (χ2n) is 22.6. The molecule has 3 saturated heterocycles. The van der Waals surface area contributed by atoms with Crippen LogP contribution in [0.3, 0.4) is 0 Å². The molecule has 0 aromatic heterocycles. The molecule has 20 nitrogen and oxygen atoms in total. The summed E-state index contributed by atoms with van der Waals surface area (Å²) in [5, 5.41) is 9.33. The van der Waals surface area contributed by atoms with Gasteiger partial charge in [0.15, 0.2) is 25.2 Å². The van der Waals surface area contributed by atoms with E-state index in [0.717, 1.165) is 19.3 Å². The van der Waals surface area contributed by atoms with Crippen molar-refractivity contribution in [2.45, 2.75) is 150 Å². The first kappa shape index (κ1) is 53.5. The lowest BCUT2D eigenvalue weighted by Crippen LogP contribution is -2.46. The van der Waals surface area contributed by atoms with E-state index in [9.17, 15) is 48.4 Å². The highest BCUT2D eigenvalue weighted by Gasteiger charge is 2.72. The topological polar surface area (TPSA) is 270 Å². The van der Waals surface area contributed by atoms with E-state index in [1.165, 1.54) is 0 Å². The van der Waals surface area contributed by atoms with Crippen molar-refractivity contribution in [1.29, 1.82) is 5.26 Å². The molecule has 9 fully saturated rings. The van der Waals surface area contributed by atoms with Crippen LogP contribution in [0.2, 0.25) is 0 Å². The number of esters is 9. The molecule has 0 spiro atoms. The van der Waals surface area contributed by atoms with E-state index in [1.807, 2.05) is 20.8 Å². The highest BCUT2D eigenvalue weighted by Crippen LogP contribution is 2.62. The molecule has 0 aromatic rings. The van der Waals surface area contributed by atoms with Gasteiger partial charge in [0, 0.05) is 48.5 Å². The fourth-order valence-electron chi connectivity index (χ4n) is 12.0. The smallest absolute Gasteiger partial charge is 0.344 e. The first-order valence-corrected chi connectivity index (χ1v) is 25.0. The number of hydrogen-bond donors (Lipinski definition) is 0. The molecule has 9 aliphatic rings. The summed E-state index contributed by atoms with van der Waals surface area (Å²) < 4.78 is 52.9. The maximum Gasteiger partial charge on any atom is 0.344 e. The summed E-state index contributed by atoms with van der Waals surface area (Å²) in [4.78, 5) is 107. The molecule has 0 aromatic carbocycles. The average molecular weight is 1000 g/mol. The number of ether oxygens (including phenoxy) is 10. The first-order valence-electron chi connectivity index (χ1n) is 25.0. The van der Waals surface area contributed by atoms with Crippen LogP contribution < -0.4 is 0 Å². The van der Waals surface area contributed by atoms with Crippen molar-refractivity contribution in [3.05, 3.63) is 0 Å². The van der Waals surface area contributed by atoms with Crippen LogP contribution in [-0.2, 0) is 90.5 Å². The summed E-state index contributed by atoms with van der Waals surface area (Å²) in [7, 11) is 1.56. The Morgan fingerprint density at radius 2 is 1.11 bits per heavy atom. The number of rotatable bonds is 16. The lowest BCUT2D eigenvalue weighted by Gasteiger charge is -2.34. The third kappa shape index (κ3) is 9.97. The molecule has 3 aliphatic heterocycles. The summed E-state index contributed by atoms with van der Waals surface area (Å²) >= 11 is 0. The van der Waals surface area contributed by atoms with Crippen LogP contribution in [0, 0.1) is 86.3 Å². The van der Waals surface area contributed by atoms with E-state index in [-0.39, 0.29) is 90.1 Å². The number of nitrogens with zero attached hydrogens (tertiary/aromatic N) is 1. The second kappa shape index (κ2) is 20.3. The summed E-state index contributed by atoms with van der Waals surface area (Å²) in [5.41, 5.74) is -2.95. The monoisotopic (exact) mass is 999 g/mol. The van der Waals surface area contributed by atoms with Crippen LogP contribution in [0.4, 0.5) is 0 Å². The van der Waals surface area contributed by atoms with Gasteiger partial charge >= 0.3 is 53.7 Å². The van der Waals surface area contributed by atoms with Gasteiger partial charge in [0.05, 0.1) is 46.9 Å². The van der Waals surface area contributed by atoms with Crippen LogP contribution in [0.5, 0.6) is 0 Å². The zero-order valence-electron chi connectivity index (χ0n) is 42.3. The minimum Gasteiger partial charge on any atom is -0.465 e. The van der Waals surface area contributed by atoms with E-state index in [1.54, 1.807) is 48.7 Å². The Morgan fingerprint density at radius 3 is 1.61 bits per heavy atom. The maximum absolute atomic E-state index is 12.2. The average Bonchev–Trinajstić information content (AvgIpc) is 4.24. The number of nitriles is 1. The molecule has 6 aliphatic carbocycles. The highest BCUT2D eigenvalue weighted by atomic mass is 16.6. The lowest BCUT2D eigenvalue weighted by atomic mass is 9.75. The normalized spacial score (nSPS) is 35.9. The van der Waals surface area contributed by atoms with Crippen molar-refractivity contribution in [2.24, 2.45) is 74.9 Å². The van der Waals surface area contributed by atoms with Gasteiger partial charge in [0.2, 0.25) is 0 Å². The SMILES string of the molecule is CCC(C)(C)C(=O)OCC(=O)OC1C2CC(C1OC)C1C(=O)OCC21.CCC(C)(C)C(=O)OCC(=O)OC1C2CC3C(=O)OC1C3C2.CCC(C)(C)C(=O)OCC(=O)OC1C2CC3C1OC(=O)C3(C#N)C2. The van der Waals surface area contributed by atoms with Gasteiger partial charge in [-0.1, -0.05) is 20.8 Å². The van der Waals surface area contributed by atoms with Gasteiger partial charge in [0.1, 0.15) is 30.5 Å². The quantitative estimate of drug-likeness (QED) is 0.155. The van der Waals surface area contributed by atoms with E-state index < -0.39 is 95.0 Å². The van der Waals surface area contributed by atoms with Gasteiger partial charge < -0.3 is 47.4 Å². The van der Waals surface area contributed by atoms with Crippen molar-refractivity contribution in [2.75, 3.05) is 33.5 Å². The predicted octanol–water partition coefficient (Wildman–Crippen LogP) is 4.14. The van der Waals surface area contributed by atoms with Crippen molar-refractivity contribution >= 4 is 53.7 Å². The van der Waals surface area contributed by atoms with Gasteiger partial charge in [-0.2, -0.15) is 5.26 Å². The summed E-state index contributed by atoms with van der Waals surface area (Å²) in [6.07, 6.45) is 2.75. The lowest BCUT2D eigenvalue weighted by molar-refractivity contribution is -0.176. The van der Waals surface area contributed by atoms with E-state index >= 15 is 0 Å². The van der Waals surface area contributed by atoms with Crippen molar-refractivity contribution in [3.8, 4) is 6.07 Å². The molecule has 0 N–H and O–H groups in total. The Morgan fingerprint density at radius 1 is 0.606 bits per heavy atom. The Kier molecular flexibility index (Phi) is 15.3. The summed E-state index contributed by atoms with van der Waals surface area (Å²) in [6.45, 7) is 15.4. The molecule has 20 heteroatoms. The molecule has 392 valence electrons. The zero-order valence-corrected chi connectivity index (χ0v) is 42.3. The van der Waals surface area contributed by atoms with E-state index in [2.05, 4.69) is 6.07 Å². The maximum atomic E-state index is 12.2. The van der Waals surface area contributed by atoms with Crippen molar-refractivity contribution in [3.63, 3.8) is 0 Å². The minimum absolute atomic E-state index is 0.00636. The zero-order chi connectivity index (χ0) is 52.1. The molecule has 9 rings (SSSR count). The minimum atomic E-state index is -1.06. The molecule has 6 bridgehead atoms. The molecule has 0 radical (unpaired) electrons. The van der Waals surface area contributed by atoms with Gasteiger partial charge in [-0.15, -0.1) is 0 Å². The Bertz CT molecular complexity index is 2200. The van der Waals surface area contributed by atoms with Crippen LogP contribution in [0.25, 0.3) is 0 Å². The third-order valence-electron chi connectivity index (χ3n) is 17.4.